The fourth-order valence-electron chi connectivity index (χ4n) is 1.54. The first kappa shape index (κ1) is 17.6. The lowest BCUT2D eigenvalue weighted by Gasteiger charge is -2.04. The highest BCUT2D eigenvalue weighted by Crippen LogP contribution is 2.24. The van der Waals surface area contributed by atoms with Gasteiger partial charge in [0.1, 0.15) is 5.02 Å². The van der Waals surface area contributed by atoms with Gasteiger partial charge in [-0.05, 0) is 26.0 Å². The van der Waals surface area contributed by atoms with E-state index in [2.05, 4.69) is 15.8 Å². The number of rotatable bonds is 6. The number of nitrogens with zero attached hydrogens (tertiary/aromatic N) is 2. The molecule has 0 saturated carbocycles. The molecule has 2 N–H and O–H groups in total. The van der Waals surface area contributed by atoms with Gasteiger partial charge in [-0.1, -0.05) is 11.6 Å². The van der Waals surface area contributed by atoms with Crippen molar-refractivity contribution in [2.45, 2.75) is 20.3 Å². The van der Waals surface area contributed by atoms with E-state index >= 15 is 0 Å². The van der Waals surface area contributed by atoms with Crippen LogP contribution < -0.4 is 10.7 Å². The number of hydrogen-bond acceptors (Lipinski definition) is 5. The Hall–Kier alpha value is -2.48. The molecule has 22 heavy (non-hydrogen) atoms. The Morgan fingerprint density at radius 3 is 2.64 bits per heavy atom. The van der Waals surface area contributed by atoms with E-state index in [1.165, 1.54) is 12.1 Å². The Morgan fingerprint density at radius 2 is 2.09 bits per heavy atom. The number of carbonyl (C=O) groups excluding carboxylic acids is 2. The molecular weight excluding hydrogens is 312 g/mol. The van der Waals surface area contributed by atoms with Crippen molar-refractivity contribution < 1.29 is 14.5 Å². The minimum atomic E-state index is -0.640. The van der Waals surface area contributed by atoms with Gasteiger partial charge in [0.25, 0.3) is 11.6 Å². The highest BCUT2D eigenvalue weighted by atomic mass is 35.5. The number of nitrogens with one attached hydrogen (secondary N) is 2. The van der Waals surface area contributed by atoms with E-state index in [1.807, 2.05) is 0 Å². The third-order valence-electron chi connectivity index (χ3n) is 2.55. The largest absolute Gasteiger partial charge is 0.356 e. The molecular formula is C13H15ClN4O4. The third kappa shape index (κ3) is 5.13. The summed E-state index contributed by atoms with van der Waals surface area (Å²) in [5.41, 5.74) is 2.53. The van der Waals surface area contributed by atoms with Crippen molar-refractivity contribution in [3.05, 3.63) is 38.9 Å². The Bertz CT molecular complexity index is 630. The predicted octanol–water partition coefficient (Wildman–Crippen LogP) is 1.88. The first-order chi connectivity index (χ1) is 10.3. The molecule has 0 spiro atoms. The van der Waals surface area contributed by atoms with Crippen molar-refractivity contribution in [1.82, 2.24) is 10.7 Å². The summed E-state index contributed by atoms with van der Waals surface area (Å²) in [6, 6.07) is 3.60. The summed E-state index contributed by atoms with van der Waals surface area (Å²) in [5, 5.41) is 16.9. The van der Waals surface area contributed by atoms with Crippen LogP contribution in [0.2, 0.25) is 5.02 Å². The minimum Gasteiger partial charge on any atom is -0.356 e. The molecule has 2 amide bonds. The van der Waals surface area contributed by atoms with Crippen LogP contribution in [0.15, 0.2) is 23.3 Å². The summed E-state index contributed by atoms with van der Waals surface area (Å²) in [5.74, 6) is -0.775. The second-order valence-corrected chi connectivity index (χ2v) is 4.75. The Kier molecular flexibility index (Phi) is 6.46. The van der Waals surface area contributed by atoms with Crippen molar-refractivity contribution in [2.75, 3.05) is 6.54 Å². The minimum absolute atomic E-state index is 0.0646. The maximum absolute atomic E-state index is 11.8. The van der Waals surface area contributed by atoms with Gasteiger partial charge in [0.2, 0.25) is 5.91 Å². The molecule has 8 nitrogen and oxygen atoms in total. The molecule has 0 saturated heterocycles. The summed E-state index contributed by atoms with van der Waals surface area (Å²) < 4.78 is 0. The van der Waals surface area contributed by atoms with Crippen LogP contribution in [0, 0.1) is 10.1 Å². The molecule has 1 rings (SSSR count). The Balaban J connectivity index is 2.71. The number of hydrazone groups is 1. The second-order valence-electron chi connectivity index (χ2n) is 4.34. The first-order valence-corrected chi connectivity index (χ1v) is 6.77. The van der Waals surface area contributed by atoms with Gasteiger partial charge in [0.15, 0.2) is 0 Å². The predicted molar refractivity (Wildman–Crippen MR) is 82.0 cm³/mol. The molecule has 0 atom stereocenters. The van der Waals surface area contributed by atoms with Crippen LogP contribution in [0.4, 0.5) is 5.69 Å². The third-order valence-corrected chi connectivity index (χ3v) is 2.85. The lowest BCUT2D eigenvalue weighted by Crippen LogP contribution is -2.26. The quantitative estimate of drug-likeness (QED) is 0.472. The molecule has 0 bridgehead atoms. The van der Waals surface area contributed by atoms with Crippen molar-refractivity contribution in [2.24, 2.45) is 5.10 Å². The number of nitro benzene ring substituents is 1. The molecule has 0 aliphatic carbocycles. The maximum atomic E-state index is 11.8. The molecule has 0 radical (unpaired) electrons. The van der Waals surface area contributed by atoms with Crippen molar-refractivity contribution in [1.29, 1.82) is 0 Å². The van der Waals surface area contributed by atoms with Crippen molar-refractivity contribution in [3.63, 3.8) is 0 Å². The lowest BCUT2D eigenvalue weighted by molar-refractivity contribution is -0.384. The lowest BCUT2D eigenvalue weighted by atomic mass is 10.2. The maximum Gasteiger partial charge on any atom is 0.287 e. The smallest absolute Gasteiger partial charge is 0.287 e. The summed E-state index contributed by atoms with van der Waals surface area (Å²) >= 11 is 5.72. The molecule has 0 aliphatic heterocycles. The molecule has 1 aromatic carbocycles. The highest BCUT2D eigenvalue weighted by molar-refractivity contribution is 6.33. The normalized spacial score (nSPS) is 11.0. The standard InChI is InChI=1S/C13H15ClN4O4/c1-3-15-12(19)6-8(2)16-17-13(20)9-4-5-11(18(21)22)10(14)7-9/h4-5,7H,3,6H2,1-2H3,(H,15,19)(H,17,20)/b16-8+. The zero-order valence-corrected chi connectivity index (χ0v) is 12.8. The van der Waals surface area contributed by atoms with Gasteiger partial charge < -0.3 is 5.32 Å². The molecule has 0 fully saturated rings. The van der Waals surface area contributed by atoms with E-state index in [0.717, 1.165) is 6.07 Å². The van der Waals surface area contributed by atoms with Gasteiger partial charge in [0.05, 0.1) is 11.3 Å². The zero-order valence-electron chi connectivity index (χ0n) is 12.1. The zero-order chi connectivity index (χ0) is 16.7. The number of benzene rings is 1. The van der Waals surface area contributed by atoms with Crippen LogP contribution in [0.5, 0.6) is 0 Å². The fraction of sp³-hybridized carbons (Fsp3) is 0.308. The average Bonchev–Trinajstić information content (AvgIpc) is 2.44. The SMILES string of the molecule is CCNC(=O)C/C(C)=N/NC(=O)c1ccc([N+](=O)[O-])c(Cl)c1. The number of nitro groups is 1. The average molecular weight is 327 g/mol. The van der Waals surface area contributed by atoms with E-state index in [1.54, 1.807) is 13.8 Å². The van der Waals surface area contributed by atoms with E-state index < -0.39 is 10.8 Å². The molecule has 0 aromatic heterocycles. The topological polar surface area (TPSA) is 114 Å². The van der Waals surface area contributed by atoms with Gasteiger partial charge in [-0.15, -0.1) is 0 Å². The van der Waals surface area contributed by atoms with Gasteiger partial charge in [-0.2, -0.15) is 5.10 Å². The van der Waals surface area contributed by atoms with E-state index in [4.69, 9.17) is 11.6 Å². The fourth-order valence-corrected chi connectivity index (χ4v) is 1.79. The summed E-state index contributed by atoms with van der Waals surface area (Å²) in [6.45, 7) is 3.91. The second kappa shape index (κ2) is 8.08. The molecule has 1 aromatic rings. The summed E-state index contributed by atoms with van der Waals surface area (Å²) in [4.78, 5) is 33.2. The molecule has 0 heterocycles. The van der Waals surface area contributed by atoms with E-state index in [-0.39, 0.29) is 28.6 Å². The van der Waals surface area contributed by atoms with Crippen molar-refractivity contribution >= 4 is 34.8 Å². The van der Waals surface area contributed by atoms with E-state index in [0.29, 0.717) is 12.3 Å². The number of amides is 2. The Labute approximate surface area is 131 Å². The number of hydrogen-bond donors (Lipinski definition) is 2. The highest BCUT2D eigenvalue weighted by Gasteiger charge is 2.15. The van der Waals surface area contributed by atoms with Gasteiger partial charge in [0, 0.05) is 23.9 Å². The van der Waals surface area contributed by atoms with Crippen molar-refractivity contribution in [3.8, 4) is 0 Å². The van der Waals surface area contributed by atoms with Crippen LogP contribution in [0.1, 0.15) is 30.6 Å². The van der Waals surface area contributed by atoms with Gasteiger partial charge >= 0.3 is 0 Å². The summed E-state index contributed by atoms with van der Waals surface area (Å²) in [7, 11) is 0. The monoisotopic (exact) mass is 326 g/mol. The molecule has 9 heteroatoms. The van der Waals surface area contributed by atoms with Gasteiger partial charge in [-0.3, -0.25) is 19.7 Å². The number of halogens is 1. The van der Waals surface area contributed by atoms with E-state index in [9.17, 15) is 19.7 Å². The molecule has 0 aliphatic rings. The number of carbonyl (C=O) groups is 2. The van der Waals surface area contributed by atoms with Crippen LogP contribution >= 0.6 is 11.6 Å². The summed E-state index contributed by atoms with van der Waals surface area (Å²) in [6.07, 6.45) is 0.0646. The van der Waals surface area contributed by atoms with Gasteiger partial charge in [-0.25, -0.2) is 5.43 Å². The van der Waals surface area contributed by atoms with Crippen LogP contribution in [0.25, 0.3) is 0 Å². The first-order valence-electron chi connectivity index (χ1n) is 6.39. The Morgan fingerprint density at radius 1 is 1.41 bits per heavy atom. The van der Waals surface area contributed by atoms with Crippen LogP contribution in [-0.2, 0) is 4.79 Å². The molecule has 118 valence electrons. The molecule has 0 unspecified atom stereocenters. The van der Waals surface area contributed by atoms with Crippen LogP contribution in [-0.4, -0.2) is 29.0 Å². The van der Waals surface area contributed by atoms with Crippen LogP contribution in [0.3, 0.4) is 0 Å².